The van der Waals surface area contributed by atoms with Crippen molar-refractivity contribution in [2.45, 2.75) is 0 Å². The lowest BCUT2D eigenvalue weighted by atomic mass is 10.1. The molecule has 0 spiro atoms. The second-order valence-electron chi connectivity index (χ2n) is 4.78. The van der Waals surface area contributed by atoms with Crippen LogP contribution in [-0.4, -0.2) is 38.3 Å². The van der Waals surface area contributed by atoms with Crippen LogP contribution in [0, 0.1) is 0 Å². The molecule has 1 amide bonds. The van der Waals surface area contributed by atoms with Crippen LogP contribution in [0.15, 0.2) is 36.4 Å². The highest BCUT2D eigenvalue weighted by molar-refractivity contribution is 6.05. The predicted molar refractivity (Wildman–Crippen MR) is 87.5 cm³/mol. The lowest BCUT2D eigenvalue weighted by Gasteiger charge is -2.11. The zero-order valence-corrected chi connectivity index (χ0v) is 13.5. The van der Waals surface area contributed by atoms with E-state index in [0.717, 1.165) is 0 Å². The number of aromatic carboxylic acids is 1. The Bertz CT molecular complexity index is 772. The molecule has 2 aromatic carbocycles. The van der Waals surface area contributed by atoms with Gasteiger partial charge in [0.1, 0.15) is 5.75 Å². The minimum Gasteiger partial charge on any atom is -0.497 e. The van der Waals surface area contributed by atoms with E-state index in [0.29, 0.717) is 28.5 Å². The molecule has 24 heavy (non-hydrogen) atoms. The van der Waals surface area contributed by atoms with E-state index < -0.39 is 11.9 Å². The fourth-order valence-corrected chi connectivity index (χ4v) is 2.09. The highest BCUT2D eigenvalue weighted by Gasteiger charge is 2.13. The Kier molecular flexibility index (Phi) is 5.26. The maximum absolute atomic E-state index is 12.4. The molecule has 7 nitrogen and oxygen atoms in total. The quantitative estimate of drug-likeness (QED) is 0.845. The number of carbonyl (C=O) groups is 2. The number of anilines is 1. The second kappa shape index (κ2) is 7.36. The van der Waals surface area contributed by atoms with Gasteiger partial charge in [-0.1, -0.05) is 0 Å². The molecule has 0 aromatic heterocycles. The molecule has 0 aliphatic heterocycles. The van der Waals surface area contributed by atoms with Crippen molar-refractivity contribution < 1.29 is 28.9 Å². The number of benzene rings is 2. The fourth-order valence-electron chi connectivity index (χ4n) is 2.09. The van der Waals surface area contributed by atoms with Gasteiger partial charge in [0.25, 0.3) is 5.91 Å². The molecule has 0 unspecified atom stereocenters. The van der Waals surface area contributed by atoms with Crippen molar-refractivity contribution in [3.05, 3.63) is 47.5 Å². The molecule has 7 heteroatoms. The van der Waals surface area contributed by atoms with Gasteiger partial charge in [-0.15, -0.1) is 0 Å². The Morgan fingerprint density at radius 3 is 2.17 bits per heavy atom. The third-order valence-corrected chi connectivity index (χ3v) is 3.29. The second-order valence-corrected chi connectivity index (χ2v) is 4.78. The first-order chi connectivity index (χ1) is 11.5. The van der Waals surface area contributed by atoms with E-state index >= 15 is 0 Å². The Labute approximate surface area is 138 Å². The number of methoxy groups -OCH3 is 3. The van der Waals surface area contributed by atoms with Gasteiger partial charge in [0.05, 0.1) is 26.9 Å². The van der Waals surface area contributed by atoms with Crippen molar-refractivity contribution in [1.82, 2.24) is 0 Å². The molecule has 2 aromatic rings. The van der Waals surface area contributed by atoms with E-state index in [1.165, 1.54) is 45.6 Å². The first-order valence-electron chi connectivity index (χ1n) is 6.94. The van der Waals surface area contributed by atoms with Gasteiger partial charge in [-0.05, 0) is 30.3 Å². The molecule has 0 heterocycles. The lowest BCUT2D eigenvalue weighted by Crippen LogP contribution is -2.13. The monoisotopic (exact) mass is 331 g/mol. The standard InChI is InChI=1S/C17H17NO6/c1-22-13-7-11(17(20)21)6-12(9-13)18-16(19)10-4-5-14(23-2)15(8-10)24-3/h4-9H,1-3H3,(H,18,19)(H,20,21). The van der Waals surface area contributed by atoms with Crippen LogP contribution < -0.4 is 19.5 Å². The fraction of sp³-hybridized carbons (Fsp3) is 0.176. The van der Waals surface area contributed by atoms with E-state index in [2.05, 4.69) is 5.32 Å². The molecule has 0 radical (unpaired) electrons. The zero-order chi connectivity index (χ0) is 17.7. The third-order valence-electron chi connectivity index (χ3n) is 3.29. The van der Waals surface area contributed by atoms with Gasteiger partial charge < -0.3 is 24.6 Å². The minimum absolute atomic E-state index is 0.0111. The number of ether oxygens (including phenoxy) is 3. The molecule has 2 rings (SSSR count). The summed E-state index contributed by atoms with van der Waals surface area (Å²) in [5.41, 5.74) is 0.663. The first-order valence-corrected chi connectivity index (χ1v) is 6.94. The molecule has 2 N–H and O–H groups in total. The van der Waals surface area contributed by atoms with Gasteiger partial charge in [0, 0.05) is 17.3 Å². The number of nitrogens with one attached hydrogen (secondary N) is 1. The van der Waals surface area contributed by atoms with Gasteiger partial charge in [0.15, 0.2) is 11.5 Å². The zero-order valence-electron chi connectivity index (χ0n) is 13.5. The third kappa shape index (κ3) is 3.75. The van der Waals surface area contributed by atoms with Crippen LogP contribution in [0.1, 0.15) is 20.7 Å². The van der Waals surface area contributed by atoms with Gasteiger partial charge in [0.2, 0.25) is 0 Å². The number of hydrogen-bond donors (Lipinski definition) is 2. The van der Waals surface area contributed by atoms with Gasteiger partial charge in [-0.25, -0.2) is 4.79 Å². The smallest absolute Gasteiger partial charge is 0.335 e. The maximum atomic E-state index is 12.4. The average Bonchev–Trinajstić information content (AvgIpc) is 2.60. The van der Waals surface area contributed by atoms with Crippen molar-refractivity contribution in [2.75, 3.05) is 26.6 Å². The van der Waals surface area contributed by atoms with Crippen LogP contribution in [0.5, 0.6) is 17.2 Å². The van der Waals surface area contributed by atoms with Gasteiger partial charge in [-0.2, -0.15) is 0 Å². The maximum Gasteiger partial charge on any atom is 0.335 e. The summed E-state index contributed by atoms with van der Waals surface area (Å²) in [7, 11) is 4.39. The molecule has 0 aliphatic carbocycles. The Balaban J connectivity index is 2.29. The Morgan fingerprint density at radius 1 is 0.875 bits per heavy atom. The summed E-state index contributed by atoms with van der Waals surface area (Å²) in [6.45, 7) is 0. The normalized spacial score (nSPS) is 9.96. The molecule has 0 bridgehead atoms. The molecular formula is C17H17NO6. The lowest BCUT2D eigenvalue weighted by molar-refractivity contribution is 0.0696. The van der Waals surface area contributed by atoms with Crippen molar-refractivity contribution in [3.8, 4) is 17.2 Å². The number of rotatable bonds is 6. The van der Waals surface area contributed by atoms with E-state index in [1.807, 2.05) is 0 Å². The van der Waals surface area contributed by atoms with Crippen molar-refractivity contribution >= 4 is 17.6 Å². The summed E-state index contributed by atoms with van der Waals surface area (Å²) >= 11 is 0. The highest BCUT2D eigenvalue weighted by Crippen LogP contribution is 2.28. The largest absolute Gasteiger partial charge is 0.497 e. The summed E-state index contributed by atoms with van der Waals surface area (Å²) in [6.07, 6.45) is 0. The minimum atomic E-state index is -1.12. The van der Waals surface area contributed by atoms with E-state index in [9.17, 15) is 9.59 Å². The van der Waals surface area contributed by atoms with Gasteiger partial charge >= 0.3 is 5.97 Å². The average molecular weight is 331 g/mol. The number of carboxylic acids is 1. The number of carboxylic acid groups (broad SMARTS) is 1. The summed E-state index contributed by atoms with van der Waals surface area (Å²) in [6, 6.07) is 8.98. The molecule has 0 saturated carbocycles. The van der Waals surface area contributed by atoms with Crippen molar-refractivity contribution in [1.29, 1.82) is 0 Å². The molecule has 0 saturated heterocycles. The molecule has 0 fully saturated rings. The number of hydrogen-bond acceptors (Lipinski definition) is 5. The Morgan fingerprint density at radius 2 is 1.58 bits per heavy atom. The van der Waals surface area contributed by atoms with Crippen LogP contribution in [0.4, 0.5) is 5.69 Å². The SMILES string of the molecule is COc1cc(NC(=O)c2ccc(OC)c(OC)c2)cc(C(=O)O)c1. The Hall–Kier alpha value is -3.22. The summed E-state index contributed by atoms with van der Waals surface area (Å²) in [5, 5.41) is 11.7. The van der Waals surface area contributed by atoms with Crippen molar-refractivity contribution in [2.24, 2.45) is 0 Å². The van der Waals surface area contributed by atoms with Gasteiger partial charge in [-0.3, -0.25) is 4.79 Å². The molecular weight excluding hydrogens is 314 g/mol. The van der Waals surface area contributed by atoms with E-state index in [-0.39, 0.29) is 5.56 Å². The summed E-state index contributed by atoms with van der Waals surface area (Å²) in [4.78, 5) is 23.5. The summed E-state index contributed by atoms with van der Waals surface area (Å²) in [5.74, 6) is -0.279. The number of amides is 1. The number of carbonyl (C=O) groups excluding carboxylic acids is 1. The van der Waals surface area contributed by atoms with Crippen LogP contribution in [0.2, 0.25) is 0 Å². The van der Waals surface area contributed by atoms with Crippen molar-refractivity contribution in [3.63, 3.8) is 0 Å². The highest BCUT2D eigenvalue weighted by atomic mass is 16.5. The summed E-state index contributed by atoms with van der Waals surface area (Å²) < 4.78 is 15.3. The molecule has 0 aliphatic rings. The van der Waals surface area contributed by atoms with Crippen LogP contribution >= 0.6 is 0 Å². The van der Waals surface area contributed by atoms with E-state index in [4.69, 9.17) is 19.3 Å². The van der Waals surface area contributed by atoms with Crippen LogP contribution in [0.25, 0.3) is 0 Å². The van der Waals surface area contributed by atoms with E-state index in [1.54, 1.807) is 12.1 Å². The van der Waals surface area contributed by atoms with Crippen LogP contribution in [0.3, 0.4) is 0 Å². The molecule has 0 atom stereocenters. The van der Waals surface area contributed by atoms with Crippen LogP contribution in [-0.2, 0) is 0 Å². The topological polar surface area (TPSA) is 94.1 Å². The predicted octanol–water partition coefficient (Wildman–Crippen LogP) is 2.66. The molecule has 126 valence electrons. The first kappa shape index (κ1) is 17.1.